The molecule has 1 atom stereocenters. The summed E-state index contributed by atoms with van der Waals surface area (Å²) in [5.74, 6) is 1.52. The van der Waals surface area contributed by atoms with Crippen molar-refractivity contribution in [2.45, 2.75) is 12.3 Å². The van der Waals surface area contributed by atoms with Gasteiger partial charge in [-0.25, -0.2) is 0 Å². The van der Waals surface area contributed by atoms with E-state index in [1.54, 1.807) is 14.2 Å². The lowest BCUT2D eigenvalue weighted by Gasteiger charge is -2.28. The van der Waals surface area contributed by atoms with Gasteiger partial charge in [-0.1, -0.05) is 13.0 Å². The summed E-state index contributed by atoms with van der Waals surface area (Å²) < 4.78 is 16.3. The van der Waals surface area contributed by atoms with Gasteiger partial charge in [0.25, 0.3) is 0 Å². The summed E-state index contributed by atoms with van der Waals surface area (Å²) in [5, 5.41) is 3.41. The van der Waals surface area contributed by atoms with Crippen molar-refractivity contribution >= 4 is 0 Å². The molecule has 2 rings (SSSR count). The van der Waals surface area contributed by atoms with Crippen LogP contribution in [0.2, 0.25) is 0 Å². The molecule has 1 fully saturated rings. The lowest BCUT2D eigenvalue weighted by molar-refractivity contribution is 0.113. The molecule has 1 unspecified atom stereocenters. The van der Waals surface area contributed by atoms with E-state index in [9.17, 15) is 0 Å². The lowest BCUT2D eigenvalue weighted by atomic mass is 9.83. The van der Waals surface area contributed by atoms with Gasteiger partial charge < -0.3 is 19.5 Å². The highest BCUT2D eigenvalue weighted by Gasteiger charge is 2.29. The first-order valence-corrected chi connectivity index (χ1v) is 6.20. The molecule has 0 bridgehead atoms. The van der Waals surface area contributed by atoms with E-state index in [1.165, 1.54) is 5.56 Å². The van der Waals surface area contributed by atoms with Crippen molar-refractivity contribution in [3.8, 4) is 11.5 Å². The number of ether oxygens (including phenoxy) is 3. The second kappa shape index (κ2) is 5.59. The Labute approximate surface area is 108 Å². The molecule has 1 heterocycles. The third-order valence-corrected chi connectivity index (χ3v) is 3.44. The van der Waals surface area contributed by atoms with Gasteiger partial charge in [0.2, 0.25) is 0 Å². The lowest BCUT2D eigenvalue weighted by Crippen LogP contribution is -2.36. The molecule has 100 valence electrons. The first-order chi connectivity index (χ1) is 8.69. The van der Waals surface area contributed by atoms with E-state index in [1.807, 2.05) is 12.1 Å². The molecular formula is C14H21NO3. The van der Waals surface area contributed by atoms with Gasteiger partial charge in [0.05, 0.1) is 27.4 Å². The molecule has 0 aliphatic carbocycles. The van der Waals surface area contributed by atoms with Crippen molar-refractivity contribution in [2.75, 3.05) is 40.5 Å². The monoisotopic (exact) mass is 251 g/mol. The molecule has 1 N–H and O–H groups in total. The van der Waals surface area contributed by atoms with Crippen LogP contribution < -0.4 is 14.8 Å². The molecule has 0 aromatic heterocycles. The van der Waals surface area contributed by atoms with E-state index in [0.29, 0.717) is 0 Å². The van der Waals surface area contributed by atoms with Gasteiger partial charge in [-0.05, 0) is 17.7 Å². The average Bonchev–Trinajstić information content (AvgIpc) is 2.63. The van der Waals surface area contributed by atoms with Crippen LogP contribution in [0, 0.1) is 0 Å². The van der Waals surface area contributed by atoms with E-state index >= 15 is 0 Å². The van der Waals surface area contributed by atoms with Gasteiger partial charge in [-0.3, -0.25) is 0 Å². The molecule has 0 spiro atoms. The Balaban J connectivity index is 2.31. The van der Waals surface area contributed by atoms with Gasteiger partial charge in [-0.2, -0.15) is 0 Å². The highest BCUT2D eigenvalue weighted by Crippen LogP contribution is 2.33. The zero-order chi connectivity index (χ0) is 13.0. The van der Waals surface area contributed by atoms with Crippen LogP contribution in [-0.2, 0) is 10.2 Å². The Kier molecular flexibility index (Phi) is 4.09. The minimum atomic E-state index is -0.0317. The summed E-state index contributed by atoms with van der Waals surface area (Å²) in [6, 6.07) is 6.07. The second-order valence-corrected chi connectivity index (χ2v) is 4.86. The van der Waals surface area contributed by atoms with Gasteiger partial charge in [-0.15, -0.1) is 0 Å². The van der Waals surface area contributed by atoms with Gasteiger partial charge >= 0.3 is 0 Å². The van der Waals surface area contributed by atoms with Gasteiger partial charge in [0.1, 0.15) is 0 Å². The fourth-order valence-electron chi connectivity index (χ4n) is 2.25. The van der Waals surface area contributed by atoms with Crippen molar-refractivity contribution in [2.24, 2.45) is 0 Å². The van der Waals surface area contributed by atoms with Gasteiger partial charge in [0.15, 0.2) is 11.5 Å². The normalized spacial score (nSPS) is 24.4. The van der Waals surface area contributed by atoms with Crippen molar-refractivity contribution in [3.05, 3.63) is 23.8 Å². The number of hydrogen-bond acceptors (Lipinski definition) is 4. The number of rotatable bonds is 3. The first kappa shape index (κ1) is 13.2. The Hall–Kier alpha value is -1.26. The number of methoxy groups -OCH3 is 2. The number of benzene rings is 1. The molecule has 1 saturated heterocycles. The zero-order valence-electron chi connectivity index (χ0n) is 11.3. The standard InChI is InChI=1S/C14H21NO3/c1-14(9-15-6-7-18-10-14)11-4-5-12(16-2)13(8-11)17-3/h4-5,8,15H,6-7,9-10H2,1-3H3. The minimum Gasteiger partial charge on any atom is -0.493 e. The molecule has 18 heavy (non-hydrogen) atoms. The molecule has 1 aromatic carbocycles. The van der Waals surface area contributed by atoms with Crippen LogP contribution in [0.1, 0.15) is 12.5 Å². The summed E-state index contributed by atoms with van der Waals surface area (Å²) >= 11 is 0. The van der Waals surface area contributed by atoms with Crippen LogP contribution >= 0.6 is 0 Å². The molecule has 4 nitrogen and oxygen atoms in total. The maximum absolute atomic E-state index is 5.66. The molecule has 0 saturated carbocycles. The molecule has 1 aromatic rings. The third-order valence-electron chi connectivity index (χ3n) is 3.44. The maximum Gasteiger partial charge on any atom is 0.161 e. The fourth-order valence-corrected chi connectivity index (χ4v) is 2.25. The SMILES string of the molecule is COc1ccc(C2(C)CNCCOC2)cc1OC. The largest absolute Gasteiger partial charge is 0.493 e. The predicted molar refractivity (Wildman–Crippen MR) is 70.6 cm³/mol. The summed E-state index contributed by atoms with van der Waals surface area (Å²) in [4.78, 5) is 0. The topological polar surface area (TPSA) is 39.7 Å². The Bertz CT molecular complexity index is 398. The van der Waals surface area contributed by atoms with Crippen LogP contribution in [0.3, 0.4) is 0 Å². The smallest absolute Gasteiger partial charge is 0.161 e. The number of hydrogen-bond donors (Lipinski definition) is 1. The van der Waals surface area contributed by atoms with Crippen LogP contribution in [0.5, 0.6) is 11.5 Å². The molecule has 4 heteroatoms. The summed E-state index contributed by atoms with van der Waals surface area (Å²) in [5.41, 5.74) is 1.17. The quantitative estimate of drug-likeness (QED) is 0.885. The molecular weight excluding hydrogens is 230 g/mol. The Morgan fingerprint density at radius 3 is 2.72 bits per heavy atom. The Morgan fingerprint density at radius 1 is 1.22 bits per heavy atom. The van der Waals surface area contributed by atoms with E-state index in [-0.39, 0.29) is 5.41 Å². The van der Waals surface area contributed by atoms with E-state index in [2.05, 4.69) is 18.3 Å². The summed E-state index contributed by atoms with van der Waals surface area (Å²) in [7, 11) is 3.31. The van der Waals surface area contributed by atoms with Crippen molar-refractivity contribution < 1.29 is 14.2 Å². The predicted octanol–water partition coefficient (Wildman–Crippen LogP) is 1.58. The minimum absolute atomic E-state index is 0.0317. The first-order valence-electron chi connectivity index (χ1n) is 6.20. The maximum atomic E-state index is 5.66. The van der Waals surface area contributed by atoms with E-state index in [4.69, 9.17) is 14.2 Å². The van der Waals surface area contributed by atoms with Crippen LogP contribution in [-0.4, -0.2) is 40.5 Å². The van der Waals surface area contributed by atoms with Crippen LogP contribution in [0.4, 0.5) is 0 Å². The Morgan fingerprint density at radius 2 is 2.00 bits per heavy atom. The van der Waals surface area contributed by atoms with Crippen molar-refractivity contribution in [1.29, 1.82) is 0 Å². The van der Waals surface area contributed by atoms with E-state index in [0.717, 1.165) is 37.8 Å². The van der Waals surface area contributed by atoms with Crippen LogP contribution in [0.25, 0.3) is 0 Å². The number of nitrogens with one attached hydrogen (secondary N) is 1. The van der Waals surface area contributed by atoms with E-state index < -0.39 is 0 Å². The van der Waals surface area contributed by atoms with Crippen molar-refractivity contribution in [1.82, 2.24) is 5.32 Å². The summed E-state index contributed by atoms with van der Waals surface area (Å²) in [6.45, 7) is 5.50. The van der Waals surface area contributed by atoms with Crippen LogP contribution in [0.15, 0.2) is 18.2 Å². The molecule has 1 aliphatic rings. The zero-order valence-corrected chi connectivity index (χ0v) is 11.3. The third kappa shape index (κ3) is 2.60. The van der Waals surface area contributed by atoms with Crippen molar-refractivity contribution in [3.63, 3.8) is 0 Å². The fraction of sp³-hybridized carbons (Fsp3) is 0.571. The summed E-state index contributed by atoms with van der Waals surface area (Å²) in [6.07, 6.45) is 0. The highest BCUT2D eigenvalue weighted by molar-refractivity contribution is 5.45. The molecule has 0 amide bonds. The van der Waals surface area contributed by atoms with Gasteiger partial charge in [0, 0.05) is 18.5 Å². The molecule has 1 aliphatic heterocycles. The highest BCUT2D eigenvalue weighted by atomic mass is 16.5. The molecule has 0 radical (unpaired) electrons. The second-order valence-electron chi connectivity index (χ2n) is 4.86. The average molecular weight is 251 g/mol.